The van der Waals surface area contributed by atoms with E-state index in [2.05, 4.69) is 10.2 Å². The van der Waals surface area contributed by atoms with Gasteiger partial charge in [-0.1, -0.05) is 24.6 Å². The zero-order valence-corrected chi connectivity index (χ0v) is 8.53. The Morgan fingerprint density at radius 2 is 2.00 bits per heavy atom. The Balaban J connectivity index is 2.96. The Bertz CT molecular complexity index is 297. The lowest BCUT2D eigenvalue weighted by molar-refractivity contribution is 0.498. The van der Waals surface area contributed by atoms with Crippen molar-refractivity contribution in [2.45, 2.75) is 26.2 Å². The molecule has 0 aliphatic heterocycles. The molecule has 0 heterocycles. The van der Waals surface area contributed by atoms with E-state index in [4.69, 9.17) is 0 Å². The Kier molecular flexibility index (Phi) is 3.60. The van der Waals surface area contributed by atoms with E-state index in [9.17, 15) is 8.78 Å². The maximum Gasteiger partial charge on any atom is 0.161 e. The quantitative estimate of drug-likeness (QED) is 0.651. The molecule has 0 amide bonds. The van der Waals surface area contributed by atoms with Crippen LogP contribution in [0.25, 0.3) is 0 Å². The van der Waals surface area contributed by atoms with Crippen molar-refractivity contribution in [2.24, 2.45) is 0 Å². The molecule has 0 atom stereocenters. The summed E-state index contributed by atoms with van der Waals surface area (Å²) in [5.41, 5.74) is 0.443. The maximum absolute atomic E-state index is 13.2. The molecular formula is C10H11F2Si. The van der Waals surface area contributed by atoms with Crippen LogP contribution in [0.5, 0.6) is 0 Å². The van der Waals surface area contributed by atoms with Gasteiger partial charge in [-0.2, -0.15) is 0 Å². The number of hydrogen-bond acceptors (Lipinski definition) is 0. The zero-order valence-electron chi connectivity index (χ0n) is 7.53. The van der Waals surface area contributed by atoms with Crippen LogP contribution in [0.3, 0.4) is 0 Å². The van der Waals surface area contributed by atoms with Crippen LogP contribution in [0.1, 0.15) is 25.3 Å². The molecule has 0 saturated carbocycles. The van der Waals surface area contributed by atoms with Gasteiger partial charge in [0.25, 0.3) is 0 Å². The summed E-state index contributed by atoms with van der Waals surface area (Å²) in [7, 11) is 3.26. The van der Waals surface area contributed by atoms with Crippen LogP contribution in [0.15, 0.2) is 12.1 Å². The van der Waals surface area contributed by atoms with E-state index >= 15 is 0 Å². The van der Waals surface area contributed by atoms with Gasteiger partial charge in [0.2, 0.25) is 0 Å². The molecule has 69 valence electrons. The van der Waals surface area contributed by atoms with Crippen LogP contribution in [0.2, 0.25) is 0 Å². The van der Waals surface area contributed by atoms with Gasteiger partial charge in [0.15, 0.2) is 11.6 Å². The highest BCUT2D eigenvalue weighted by Crippen LogP contribution is 2.11. The topological polar surface area (TPSA) is 0 Å². The molecule has 0 unspecified atom stereocenters. The summed E-state index contributed by atoms with van der Waals surface area (Å²) in [6, 6.07) is 2.67. The lowest BCUT2D eigenvalue weighted by Crippen LogP contribution is -2.14. The van der Waals surface area contributed by atoms with Crippen LogP contribution in [-0.4, -0.2) is 10.2 Å². The molecule has 13 heavy (non-hydrogen) atoms. The summed E-state index contributed by atoms with van der Waals surface area (Å²) in [5, 5.41) is 0.646. The molecule has 0 fully saturated rings. The summed E-state index contributed by atoms with van der Waals surface area (Å²) in [4.78, 5) is 0. The molecule has 0 N–H and O–H groups in total. The normalized spacial score (nSPS) is 10.5. The first-order chi connectivity index (χ1) is 6.16. The number of halogens is 2. The van der Waals surface area contributed by atoms with E-state index in [0.717, 1.165) is 18.9 Å². The monoisotopic (exact) mass is 197 g/mol. The van der Waals surface area contributed by atoms with Crippen LogP contribution < -0.4 is 5.19 Å². The summed E-state index contributed by atoms with van der Waals surface area (Å²) < 4.78 is 26.0. The van der Waals surface area contributed by atoms with Crippen molar-refractivity contribution in [3.63, 3.8) is 0 Å². The molecule has 1 aromatic rings. The largest absolute Gasteiger partial charge is 0.204 e. The van der Waals surface area contributed by atoms with E-state index in [1.807, 2.05) is 6.92 Å². The fraction of sp³-hybridized carbons (Fsp3) is 0.400. The minimum atomic E-state index is -0.770. The summed E-state index contributed by atoms with van der Waals surface area (Å²) in [5.74, 6) is -1.49. The fourth-order valence-electron chi connectivity index (χ4n) is 1.19. The molecule has 0 bridgehead atoms. The number of benzene rings is 1. The predicted octanol–water partition coefficient (Wildman–Crippen LogP) is 2.10. The molecule has 0 nitrogen and oxygen atoms in total. The number of unbranched alkanes of at least 4 members (excludes halogenated alkanes) is 1. The van der Waals surface area contributed by atoms with Crippen LogP contribution >= 0.6 is 0 Å². The standard InChI is InChI=1S/C10H11F2Si/c1-2-3-4-7-9(13)6-5-8(11)10(7)12/h5-6H,2-4H2,1H3. The second-order valence-electron chi connectivity index (χ2n) is 2.99. The minimum Gasteiger partial charge on any atom is -0.204 e. The van der Waals surface area contributed by atoms with Crippen molar-refractivity contribution in [1.82, 2.24) is 0 Å². The lowest BCUT2D eigenvalue weighted by Gasteiger charge is -2.06. The van der Waals surface area contributed by atoms with E-state index in [1.54, 1.807) is 6.07 Å². The van der Waals surface area contributed by atoms with Gasteiger partial charge in [-0.15, -0.1) is 0 Å². The number of hydrogen-bond donors (Lipinski definition) is 0. The molecule has 0 aliphatic carbocycles. The average Bonchev–Trinajstić information content (AvgIpc) is 2.12. The second kappa shape index (κ2) is 4.51. The zero-order chi connectivity index (χ0) is 9.84. The highest BCUT2D eigenvalue weighted by Gasteiger charge is 2.09. The van der Waals surface area contributed by atoms with Crippen molar-refractivity contribution < 1.29 is 8.78 Å². The van der Waals surface area contributed by atoms with Crippen molar-refractivity contribution in [2.75, 3.05) is 0 Å². The van der Waals surface area contributed by atoms with Gasteiger partial charge < -0.3 is 0 Å². The molecule has 1 rings (SSSR count). The third kappa shape index (κ3) is 2.37. The molecule has 0 spiro atoms. The molecule has 3 radical (unpaired) electrons. The third-order valence-corrected chi connectivity index (χ3v) is 2.44. The third-order valence-electron chi connectivity index (χ3n) is 1.98. The van der Waals surface area contributed by atoms with Gasteiger partial charge in [-0.3, -0.25) is 0 Å². The first kappa shape index (κ1) is 10.4. The first-order valence-electron chi connectivity index (χ1n) is 4.35. The van der Waals surface area contributed by atoms with E-state index in [1.165, 1.54) is 0 Å². The molecule has 3 heteroatoms. The molecule has 0 aromatic heterocycles. The number of rotatable bonds is 3. The summed E-state index contributed by atoms with van der Waals surface area (Å²) in [6.07, 6.45) is 2.43. The Hall–Kier alpha value is -0.703. The SMILES string of the molecule is CCCCc1c([Si])ccc(F)c1F. The highest BCUT2D eigenvalue weighted by molar-refractivity contribution is 6.33. The van der Waals surface area contributed by atoms with Crippen molar-refractivity contribution in [3.05, 3.63) is 29.3 Å². The second-order valence-corrected chi connectivity index (χ2v) is 3.53. The minimum absolute atomic E-state index is 0.443. The van der Waals surface area contributed by atoms with Crippen LogP contribution in [-0.2, 0) is 6.42 Å². The van der Waals surface area contributed by atoms with Crippen LogP contribution in [0.4, 0.5) is 8.78 Å². The fourth-order valence-corrected chi connectivity index (χ4v) is 1.51. The predicted molar refractivity (Wildman–Crippen MR) is 50.4 cm³/mol. The van der Waals surface area contributed by atoms with Crippen molar-refractivity contribution in [1.29, 1.82) is 0 Å². The van der Waals surface area contributed by atoms with Crippen molar-refractivity contribution in [3.8, 4) is 0 Å². The van der Waals surface area contributed by atoms with E-state index < -0.39 is 11.6 Å². The maximum atomic E-state index is 13.2. The van der Waals surface area contributed by atoms with Gasteiger partial charge in [0.05, 0.1) is 10.2 Å². The van der Waals surface area contributed by atoms with Gasteiger partial charge in [0, 0.05) is 0 Å². The average molecular weight is 197 g/mol. The molecule has 1 aromatic carbocycles. The van der Waals surface area contributed by atoms with Crippen LogP contribution in [0, 0.1) is 11.6 Å². The smallest absolute Gasteiger partial charge is 0.161 e. The highest BCUT2D eigenvalue weighted by atomic mass is 28.1. The van der Waals surface area contributed by atoms with Gasteiger partial charge in [0.1, 0.15) is 0 Å². The Morgan fingerprint density at radius 1 is 1.31 bits per heavy atom. The lowest BCUT2D eigenvalue weighted by atomic mass is 10.1. The van der Waals surface area contributed by atoms with Gasteiger partial charge >= 0.3 is 0 Å². The molecule has 0 aliphatic rings. The van der Waals surface area contributed by atoms with Gasteiger partial charge in [-0.25, -0.2) is 8.78 Å². The first-order valence-corrected chi connectivity index (χ1v) is 4.85. The van der Waals surface area contributed by atoms with E-state index in [0.29, 0.717) is 17.2 Å². The summed E-state index contributed by atoms with van der Waals surface area (Å²) >= 11 is 0. The Labute approximate surface area is 80.4 Å². The van der Waals surface area contributed by atoms with E-state index in [-0.39, 0.29) is 0 Å². The summed E-state index contributed by atoms with van der Waals surface area (Å²) in [6.45, 7) is 2.02. The van der Waals surface area contributed by atoms with Crippen molar-refractivity contribution >= 4 is 15.4 Å². The molecule has 0 saturated heterocycles. The molecular weight excluding hydrogens is 186 g/mol. The van der Waals surface area contributed by atoms with Gasteiger partial charge in [-0.05, 0) is 24.5 Å². The Morgan fingerprint density at radius 3 is 2.62 bits per heavy atom.